The van der Waals surface area contributed by atoms with Crippen molar-refractivity contribution in [1.82, 2.24) is 24.9 Å². The number of ether oxygens (including phenoxy) is 2. The van der Waals surface area contributed by atoms with Crippen LogP contribution < -0.4 is 0 Å². The van der Waals surface area contributed by atoms with Crippen LogP contribution in [-0.4, -0.2) is 74.6 Å². The zero-order valence-corrected chi connectivity index (χ0v) is 16.2. The van der Waals surface area contributed by atoms with E-state index in [0.29, 0.717) is 18.1 Å². The topological polar surface area (TPSA) is 117 Å². The summed E-state index contributed by atoms with van der Waals surface area (Å²) < 4.78 is 10.9. The van der Waals surface area contributed by atoms with E-state index in [4.69, 9.17) is 9.47 Å². The predicted octanol–water partition coefficient (Wildman–Crippen LogP) is 0.318. The van der Waals surface area contributed by atoms with Crippen molar-refractivity contribution in [2.75, 3.05) is 25.8 Å². The smallest absolute Gasteiger partial charge is 0.331 e. The van der Waals surface area contributed by atoms with Crippen LogP contribution in [0.1, 0.15) is 22.1 Å². The van der Waals surface area contributed by atoms with E-state index in [1.807, 2.05) is 0 Å². The second-order valence-electron chi connectivity index (χ2n) is 6.00. The SMILES string of the molecule is COC(=O)C1CSCN1C(=O)c1cn([C@H](Cc2ccncc2)C(=O)OC)nn1. The van der Waals surface area contributed by atoms with Crippen LogP contribution in [0.15, 0.2) is 30.7 Å². The Balaban J connectivity index is 1.81. The van der Waals surface area contributed by atoms with Crippen molar-refractivity contribution in [2.24, 2.45) is 0 Å². The number of amides is 1. The molecule has 0 bridgehead atoms. The third kappa shape index (κ3) is 4.14. The third-order valence-electron chi connectivity index (χ3n) is 4.32. The van der Waals surface area contributed by atoms with Crippen LogP contribution in [0, 0.1) is 0 Å². The molecule has 0 aliphatic carbocycles. The molecule has 1 aliphatic rings. The number of thioether (sulfide) groups is 1. The van der Waals surface area contributed by atoms with Crippen LogP contribution in [0.25, 0.3) is 0 Å². The maximum Gasteiger partial charge on any atom is 0.331 e. The lowest BCUT2D eigenvalue weighted by atomic mass is 10.1. The summed E-state index contributed by atoms with van der Waals surface area (Å²) in [5, 5.41) is 7.84. The highest BCUT2D eigenvalue weighted by molar-refractivity contribution is 7.99. The summed E-state index contributed by atoms with van der Waals surface area (Å²) in [4.78, 5) is 42.2. The first kappa shape index (κ1) is 19.8. The van der Waals surface area contributed by atoms with Crippen molar-refractivity contribution in [3.05, 3.63) is 42.0 Å². The van der Waals surface area contributed by atoms with E-state index in [2.05, 4.69) is 15.3 Å². The number of esters is 2. The molecule has 3 heterocycles. The van der Waals surface area contributed by atoms with E-state index in [-0.39, 0.29) is 5.69 Å². The van der Waals surface area contributed by atoms with Gasteiger partial charge in [0, 0.05) is 24.6 Å². The number of hydrogen-bond donors (Lipinski definition) is 0. The highest BCUT2D eigenvalue weighted by atomic mass is 32.2. The molecule has 0 radical (unpaired) electrons. The molecule has 28 heavy (non-hydrogen) atoms. The molecule has 2 aromatic rings. The molecule has 0 N–H and O–H groups in total. The lowest BCUT2D eigenvalue weighted by Gasteiger charge is -2.20. The molecule has 1 amide bonds. The molecule has 3 rings (SSSR count). The van der Waals surface area contributed by atoms with Crippen LogP contribution in [0.2, 0.25) is 0 Å². The van der Waals surface area contributed by atoms with Crippen LogP contribution in [-0.2, 0) is 25.5 Å². The lowest BCUT2D eigenvalue weighted by Crippen LogP contribution is -2.42. The Morgan fingerprint density at radius 3 is 2.68 bits per heavy atom. The van der Waals surface area contributed by atoms with Gasteiger partial charge >= 0.3 is 11.9 Å². The largest absolute Gasteiger partial charge is 0.467 e. The van der Waals surface area contributed by atoms with Gasteiger partial charge in [-0.05, 0) is 17.7 Å². The normalized spacial score (nSPS) is 17.2. The Kier molecular flexibility index (Phi) is 6.24. The van der Waals surface area contributed by atoms with E-state index in [1.54, 1.807) is 24.5 Å². The van der Waals surface area contributed by atoms with Gasteiger partial charge in [0.15, 0.2) is 11.7 Å². The van der Waals surface area contributed by atoms with Crippen molar-refractivity contribution in [1.29, 1.82) is 0 Å². The molecular weight excluding hydrogens is 386 g/mol. The molecule has 1 unspecified atom stereocenters. The molecule has 10 nitrogen and oxygen atoms in total. The molecule has 2 aromatic heterocycles. The van der Waals surface area contributed by atoms with Gasteiger partial charge in [0.25, 0.3) is 5.91 Å². The number of aromatic nitrogens is 4. The van der Waals surface area contributed by atoms with Crippen molar-refractivity contribution in [2.45, 2.75) is 18.5 Å². The fourth-order valence-corrected chi connectivity index (χ4v) is 3.95. The Morgan fingerprint density at radius 2 is 2.00 bits per heavy atom. The van der Waals surface area contributed by atoms with Gasteiger partial charge in [-0.25, -0.2) is 14.3 Å². The summed E-state index contributed by atoms with van der Waals surface area (Å²) in [6.45, 7) is 0. The second kappa shape index (κ2) is 8.83. The summed E-state index contributed by atoms with van der Waals surface area (Å²) in [6.07, 6.45) is 4.94. The maximum absolute atomic E-state index is 12.8. The molecular formula is C17H19N5O5S. The van der Waals surface area contributed by atoms with E-state index in [0.717, 1.165) is 5.56 Å². The van der Waals surface area contributed by atoms with Crippen LogP contribution in [0.5, 0.6) is 0 Å². The Hall–Kier alpha value is -2.95. The molecule has 1 saturated heterocycles. The number of hydrogen-bond acceptors (Lipinski definition) is 9. The van der Waals surface area contributed by atoms with Gasteiger partial charge in [-0.2, -0.15) is 0 Å². The van der Waals surface area contributed by atoms with Crippen molar-refractivity contribution >= 4 is 29.6 Å². The first-order valence-electron chi connectivity index (χ1n) is 8.40. The summed E-state index contributed by atoms with van der Waals surface area (Å²) in [6, 6.07) is 2.11. The van der Waals surface area contributed by atoms with Gasteiger partial charge in [0.05, 0.1) is 26.3 Å². The summed E-state index contributed by atoms with van der Waals surface area (Å²) in [5.41, 5.74) is 0.899. The number of rotatable bonds is 6. The van der Waals surface area contributed by atoms with Gasteiger partial charge in [-0.3, -0.25) is 9.78 Å². The maximum atomic E-state index is 12.8. The van der Waals surface area contributed by atoms with Crippen LogP contribution in [0.4, 0.5) is 0 Å². The van der Waals surface area contributed by atoms with Gasteiger partial charge < -0.3 is 14.4 Å². The van der Waals surface area contributed by atoms with Gasteiger partial charge in [-0.15, -0.1) is 16.9 Å². The number of pyridine rings is 1. The Bertz CT molecular complexity index is 859. The van der Waals surface area contributed by atoms with Crippen molar-refractivity contribution in [3.63, 3.8) is 0 Å². The van der Waals surface area contributed by atoms with Gasteiger partial charge in [0.2, 0.25) is 0 Å². The van der Waals surface area contributed by atoms with Gasteiger partial charge in [-0.1, -0.05) is 5.21 Å². The number of carbonyl (C=O) groups excluding carboxylic acids is 3. The number of nitrogens with zero attached hydrogens (tertiary/aromatic N) is 5. The molecule has 148 valence electrons. The lowest BCUT2D eigenvalue weighted by molar-refractivity contribution is -0.145. The van der Waals surface area contributed by atoms with E-state index >= 15 is 0 Å². The van der Waals surface area contributed by atoms with Gasteiger partial charge in [0.1, 0.15) is 6.04 Å². The highest BCUT2D eigenvalue weighted by Gasteiger charge is 2.37. The van der Waals surface area contributed by atoms with Crippen molar-refractivity contribution in [3.8, 4) is 0 Å². The number of methoxy groups -OCH3 is 2. The summed E-state index contributed by atoms with van der Waals surface area (Å²) >= 11 is 1.45. The minimum atomic E-state index is -0.786. The standard InChI is InChI=1S/C17H19N5O5S/c1-26-16(24)13(7-11-3-5-18-6-4-11)22-8-12(19-20-22)15(23)21-10-28-9-14(21)17(25)27-2/h3-6,8,13-14H,7,9-10H2,1-2H3/t13-,14?/m1/s1. The average molecular weight is 405 g/mol. The van der Waals surface area contributed by atoms with Crippen molar-refractivity contribution < 1.29 is 23.9 Å². The molecule has 2 atom stereocenters. The molecule has 0 spiro atoms. The summed E-state index contributed by atoms with van der Waals surface area (Å²) in [5.74, 6) is -0.623. The fourth-order valence-electron chi connectivity index (χ4n) is 2.81. The minimum Gasteiger partial charge on any atom is -0.467 e. The van der Waals surface area contributed by atoms with Crippen LogP contribution >= 0.6 is 11.8 Å². The zero-order chi connectivity index (χ0) is 20.1. The molecule has 0 saturated carbocycles. The molecule has 11 heteroatoms. The first-order valence-corrected chi connectivity index (χ1v) is 9.55. The van der Waals surface area contributed by atoms with E-state index in [1.165, 1.54) is 41.8 Å². The quantitative estimate of drug-likeness (QED) is 0.626. The minimum absolute atomic E-state index is 0.0417. The second-order valence-corrected chi connectivity index (χ2v) is 7.00. The molecule has 0 aromatic carbocycles. The molecule has 1 aliphatic heterocycles. The first-order chi connectivity index (χ1) is 13.5. The predicted molar refractivity (Wildman–Crippen MR) is 98.3 cm³/mol. The zero-order valence-electron chi connectivity index (χ0n) is 15.3. The fraction of sp³-hybridized carbons (Fsp3) is 0.412. The summed E-state index contributed by atoms with van der Waals surface area (Å²) in [7, 11) is 2.57. The highest BCUT2D eigenvalue weighted by Crippen LogP contribution is 2.24. The monoisotopic (exact) mass is 405 g/mol. The van der Waals surface area contributed by atoms with E-state index < -0.39 is 29.9 Å². The number of carbonyl (C=O) groups is 3. The average Bonchev–Trinajstić information content (AvgIpc) is 3.41. The van der Waals surface area contributed by atoms with Crippen LogP contribution in [0.3, 0.4) is 0 Å². The molecule has 1 fully saturated rings. The Morgan fingerprint density at radius 1 is 1.25 bits per heavy atom. The van der Waals surface area contributed by atoms with E-state index in [9.17, 15) is 14.4 Å². The Labute approximate surface area is 165 Å². The third-order valence-corrected chi connectivity index (χ3v) is 5.33.